The fraction of sp³-hybridized carbons (Fsp3) is 0.818. The third kappa shape index (κ3) is 11.4. The third-order valence-electron chi connectivity index (χ3n) is 13.1. The lowest BCUT2D eigenvalue weighted by Crippen LogP contribution is -2.61. The second kappa shape index (κ2) is 20.3. The van der Waals surface area contributed by atoms with Crippen molar-refractivity contribution in [2.45, 2.75) is 185 Å². The van der Waals surface area contributed by atoms with Crippen LogP contribution in [-0.4, -0.2) is 154 Å². The number of nitrogens with zero attached hydrogens (tertiary/aromatic N) is 2. The standard InChI is InChI=1S/C44H74N2O13/c1-14-32-44(10,52)37(48)26(4)34(45-59-30-19-17-15-16-18-20-30)24(2)22-42(8,51)39(58-41-35(47)31(46(11)12)21-25(3)54-41)27(5)36(28(6)40(50)56-32)57-33-23-43(9,53-13)38(49)29(7)55-33/h15-20,24-33,35-39,41,47-49,51-52H,14,21-23H2,1-13H3/b45-34+/t24-,25+,26-,27-,28+,29-,31-,32+,33-,35+,36-,37+,38-,39+,41-,42+,43+,44+/m0/s1. The molecule has 5 N–H and O–H groups in total. The number of carbonyl (C=O) groups excluding carboxylic acids is 1. The molecule has 0 aromatic carbocycles. The normalized spacial score (nSPS) is 46.5. The molecule has 15 nitrogen and oxygen atoms in total. The number of allylic oxidation sites excluding steroid dienone is 4. The summed E-state index contributed by atoms with van der Waals surface area (Å²) in [4.78, 5) is 22.3. The first kappa shape index (κ1) is 49.4. The fourth-order valence-corrected chi connectivity index (χ4v) is 9.33. The molecule has 4 rings (SSSR count). The maximum atomic E-state index is 14.4. The van der Waals surface area contributed by atoms with E-state index in [0.717, 1.165) is 0 Å². The molecule has 0 unspecified atom stereocenters. The number of hydrogen-bond acceptors (Lipinski definition) is 15. The molecule has 0 radical (unpaired) electrons. The predicted octanol–water partition coefficient (Wildman–Crippen LogP) is 3.64. The van der Waals surface area contributed by atoms with Crippen LogP contribution in [0, 0.1) is 23.7 Å². The van der Waals surface area contributed by atoms with E-state index in [9.17, 15) is 30.3 Å². The van der Waals surface area contributed by atoms with Gasteiger partial charge >= 0.3 is 5.97 Å². The van der Waals surface area contributed by atoms with Crippen LogP contribution in [-0.2, 0) is 38.1 Å². The zero-order chi connectivity index (χ0) is 44.2. The van der Waals surface area contributed by atoms with E-state index in [1.165, 1.54) is 14.0 Å². The molecule has 18 atom stereocenters. The number of esters is 1. The maximum absolute atomic E-state index is 14.4. The van der Waals surface area contributed by atoms with Gasteiger partial charge in [-0.1, -0.05) is 57.2 Å². The number of oxime groups is 1. The molecular weight excluding hydrogens is 764 g/mol. The van der Waals surface area contributed by atoms with Crippen molar-refractivity contribution in [3.05, 3.63) is 36.5 Å². The van der Waals surface area contributed by atoms with Crippen LogP contribution in [0.25, 0.3) is 0 Å². The van der Waals surface area contributed by atoms with Crippen molar-refractivity contribution in [3.8, 4) is 0 Å². The van der Waals surface area contributed by atoms with Gasteiger partial charge in [-0.3, -0.25) is 4.79 Å². The number of carbonyl (C=O) groups is 1. The van der Waals surface area contributed by atoms with Gasteiger partial charge in [-0.25, -0.2) is 0 Å². The van der Waals surface area contributed by atoms with Crippen molar-refractivity contribution < 1.29 is 63.6 Å². The Labute approximate surface area is 351 Å². The molecule has 0 amide bonds. The number of ether oxygens (including phenoxy) is 6. The average Bonchev–Trinajstić information content (AvgIpc) is 3.45. The highest BCUT2D eigenvalue weighted by Crippen LogP contribution is 2.41. The molecular formula is C44H74N2O13. The molecule has 3 aliphatic heterocycles. The number of likely N-dealkylation sites (N-methyl/N-ethyl adjacent to an activating group) is 1. The summed E-state index contributed by atoms with van der Waals surface area (Å²) in [6.07, 6.45) is 1.11. The molecule has 3 fully saturated rings. The number of hydrogen-bond donors (Lipinski definition) is 5. The van der Waals surface area contributed by atoms with Crippen molar-refractivity contribution in [2.75, 3.05) is 21.2 Å². The van der Waals surface area contributed by atoms with Gasteiger partial charge in [0.05, 0.1) is 53.4 Å². The fourth-order valence-electron chi connectivity index (χ4n) is 9.33. The van der Waals surface area contributed by atoms with Crippen molar-refractivity contribution >= 4 is 11.7 Å². The lowest BCUT2D eigenvalue weighted by Gasteiger charge is -2.49. The SMILES string of the molecule is CC[C@H]1OC(=O)[C@H](C)[C@@H](O[C@H]2C[C@@](C)(OC)[C@@H](O)[C@H](C)O2)[C@H](C)[C@@H](O[C@@H]2O[C@H](C)C[C@H](N(C)C)[C@H]2O)[C@](C)(O)C[C@H](C)/C(=N\OC2C=CC=CC=C2)[C@H](C)[C@@H](O)[C@]1(C)O. The van der Waals surface area contributed by atoms with Gasteiger partial charge in [-0.2, -0.15) is 0 Å². The maximum Gasteiger partial charge on any atom is 0.311 e. The van der Waals surface area contributed by atoms with Crippen LogP contribution in [0.1, 0.15) is 94.9 Å². The van der Waals surface area contributed by atoms with E-state index in [-0.39, 0.29) is 31.4 Å². The second-order valence-corrected chi connectivity index (χ2v) is 18.3. The van der Waals surface area contributed by atoms with Crippen molar-refractivity contribution in [1.82, 2.24) is 4.90 Å². The molecule has 3 saturated heterocycles. The van der Waals surface area contributed by atoms with Crippen LogP contribution >= 0.6 is 0 Å². The highest BCUT2D eigenvalue weighted by atomic mass is 16.7. The van der Waals surface area contributed by atoms with Crippen molar-refractivity contribution in [1.29, 1.82) is 0 Å². The topological polar surface area (TPSA) is 198 Å². The minimum atomic E-state index is -1.96. The van der Waals surface area contributed by atoms with Gasteiger partial charge in [0.2, 0.25) is 0 Å². The molecule has 1 aliphatic carbocycles. The average molecular weight is 839 g/mol. The van der Waals surface area contributed by atoms with Crippen molar-refractivity contribution in [3.63, 3.8) is 0 Å². The van der Waals surface area contributed by atoms with Crippen molar-refractivity contribution in [2.24, 2.45) is 28.8 Å². The van der Waals surface area contributed by atoms with Gasteiger partial charge in [-0.15, -0.1) is 0 Å². The first-order valence-corrected chi connectivity index (χ1v) is 21.3. The van der Waals surface area contributed by atoms with Crippen LogP contribution in [0.3, 0.4) is 0 Å². The van der Waals surface area contributed by atoms with Gasteiger partial charge in [0.15, 0.2) is 18.7 Å². The van der Waals surface area contributed by atoms with E-state index in [1.807, 2.05) is 69.3 Å². The Morgan fingerprint density at radius 3 is 2.08 bits per heavy atom. The van der Waals surface area contributed by atoms with Crippen LogP contribution in [0.2, 0.25) is 0 Å². The number of cyclic esters (lactones) is 1. The van der Waals surface area contributed by atoms with Gasteiger partial charge < -0.3 is 63.7 Å². The quantitative estimate of drug-likeness (QED) is 0.167. The number of rotatable bonds is 9. The molecule has 4 aliphatic rings. The summed E-state index contributed by atoms with van der Waals surface area (Å²) in [5.41, 5.74) is -4.42. The Bertz CT molecular complexity index is 1480. The Balaban J connectivity index is 1.88. The molecule has 0 spiro atoms. The first-order chi connectivity index (χ1) is 27.5. The summed E-state index contributed by atoms with van der Waals surface area (Å²) in [5, 5.41) is 64.1. The molecule has 59 heavy (non-hydrogen) atoms. The molecule has 338 valence electrons. The molecule has 0 saturated carbocycles. The highest BCUT2D eigenvalue weighted by Gasteiger charge is 2.53. The Morgan fingerprint density at radius 2 is 1.51 bits per heavy atom. The Morgan fingerprint density at radius 1 is 0.881 bits per heavy atom. The largest absolute Gasteiger partial charge is 0.459 e. The van der Waals surface area contributed by atoms with Crippen LogP contribution in [0.5, 0.6) is 0 Å². The summed E-state index contributed by atoms with van der Waals surface area (Å²) in [6, 6.07) is -0.322. The van der Waals surface area contributed by atoms with E-state index >= 15 is 0 Å². The highest BCUT2D eigenvalue weighted by molar-refractivity contribution is 5.88. The number of aliphatic hydroxyl groups is 5. The number of aliphatic hydroxyl groups excluding tert-OH is 3. The lowest BCUT2D eigenvalue weighted by atomic mass is 9.73. The summed E-state index contributed by atoms with van der Waals surface area (Å²) in [7, 11) is 5.24. The van der Waals surface area contributed by atoms with Gasteiger partial charge in [0, 0.05) is 37.3 Å². The predicted molar refractivity (Wildman–Crippen MR) is 221 cm³/mol. The Kier molecular flexibility index (Phi) is 17.0. The second-order valence-electron chi connectivity index (χ2n) is 18.3. The van der Waals surface area contributed by atoms with E-state index in [1.54, 1.807) is 48.5 Å². The van der Waals surface area contributed by atoms with Gasteiger partial charge in [-0.05, 0) is 87.1 Å². The Hall–Kier alpha value is -2.28. The molecule has 15 heteroatoms. The zero-order valence-electron chi connectivity index (χ0n) is 37.4. The minimum Gasteiger partial charge on any atom is -0.459 e. The van der Waals surface area contributed by atoms with Gasteiger partial charge in [0.25, 0.3) is 0 Å². The van der Waals surface area contributed by atoms with E-state index < -0.39 is 108 Å². The number of methoxy groups -OCH3 is 1. The first-order valence-electron chi connectivity index (χ1n) is 21.3. The monoisotopic (exact) mass is 839 g/mol. The van der Waals surface area contributed by atoms with E-state index in [0.29, 0.717) is 12.1 Å². The van der Waals surface area contributed by atoms with Gasteiger partial charge in [0.1, 0.15) is 23.9 Å². The summed E-state index contributed by atoms with van der Waals surface area (Å²) in [6.45, 7) is 17.1. The molecule has 0 aromatic rings. The zero-order valence-corrected chi connectivity index (χ0v) is 37.4. The van der Waals surface area contributed by atoms with Crippen LogP contribution < -0.4 is 0 Å². The molecule has 0 aromatic heterocycles. The summed E-state index contributed by atoms with van der Waals surface area (Å²) >= 11 is 0. The summed E-state index contributed by atoms with van der Waals surface area (Å²) < 4.78 is 37.8. The summed E-state index contributed by atoms with van der Waals surface area (Å²) in [5.74, 6) is -4.07. The molecule has 0 bridgehead atoms. The van der Waals surface area contributed by atoms with Crippen LogP contribution in [0.15, 0.2) is 41.6 Å². The van der Waals surface area contributed by atoms with E-state index in [2.05, 4.69) is 5.16 Å². The van der Waals surface area contributed by atoms with E-state index in [4.69, 9.17) is 33.3 Å². The third-order valence-corrected chi connectivity index (χ3v) is 13.1. The molecule has 3 heterocycles. The lowest BCUT2D eigenvalue weighted by molar-refractivity contribution is -0.317. The minimum absolute atomic E-state index is 0.00949. The smallest absolute Gasteiger partial charge is 0.311 e. The van der Waals surface area contributed by atoms with Crippen LogP contribution in [0.4, 0.5) is 0 Å².